The Morgan fingerprint density at radius 2 is 2.04 bits per heavy atom. The number of anilines is 1. The fourth-order valence-corrected chi connectivity index (χ4v) is 2.92. The van der Waals surface area contributed by atoms with E-state index in [1.54, 1.807) is 30.3 Å². The predicted molar refractivity (Wildman–Crippen MR) is 112 cm³/mol. The highest BCUT2D eigenvalue weighted by atomic mass is 127. The van der Waals surface area contributed by atoms with E-state index in [1.165, 1.54) is 12.1 Å². The van der Waals surface area contributed by atoms with Gasteiger partial charge in [-0.05, 0) is 64.6 Å². The lowest BCUT2D eigenvalue weighted by Crippen LogP contribution is -2.13. The summed E-state index contributed by atoms with van der Waals surface area (Å²) in [6.45, 7) is 0.167. The van der Waals surface area contributed by atoms with Gasteiger partial charge in [-0.15, -0.1) is 6.42 Å². The van der Waals surface area contributed by atoms with Crippen molar-refractivity contribution in [3.05, 3.63) is 61.2 Å². The van der Waals surface area contributed by atoms with E-state index in [0.29, 0.717) is 27.0 Å². The molecule has 2 aromatic rings. The number of hydrogen-bond donors (Lipinski definition) is 1. The lowest BCUT2D eigenvalue weighted by atomic mass is 10.1. The molecule has 0 aromatic heterocycles. The lowest BCUT2D eigenvalue weighted by Gasteiger charge is -2.07. The standard InChI is InChI=1S/C19H11Cl2IN2O2/c1-2-7-26-18-6-3-12(9-17(18)22)8-13(11-23)19(25)24-14-4-5-15(20)16(21)10-14/h1,3-6,8-10H,7H2,(H,24,25)/b13-8+. The Labute approximate surface area is 174 Å². The highest BCUT2D eigenvalue weighted by Crippen LogP contribution is 2.26. The molecule has 0 atom stereocenters. The number of nitriles is 1. The minimum absolute atomic E-state index is 0.0517. The molecule has 0 bridgehead atoms. The molecule has 0 saturated heterocycles. The smallest absolute Gasteiger partial charge is 0.266 e. The molecule has 4 nitrogen and oxygen atoms in total. The first kappa shape index (κ1) is 20.1. The van der Waals surface area contributed by atoms with Crippen LogP contribution in [-0.2, 0) is 4.79 Å². The van der Waals surface area contributed by atoms with Crippen LogP contribution in [0.4, 0.5) is 5.69 Å². The molecule has 0 fully saturated rings. The number of halogens is 3. The Bertz CT molecular complexity index is 959. The van der Waals surface area contributed by atoms with Crippen molar-refractivity contribution in [2.75, 3.05) is 11.9 Å². The van der Waals surface area contributed by atoms with Gasteiger partial charge in [-0.3, -0.25) is 4.79 Å². The van der Waals surface area contributed by atoms with Crippen molar-refractivity contribution < 1.29 is 9.53 Å². The molecule has 0 aliphatic rings. The van der Waals surface area contributed by atoms with Crippen LogP contribution in [-0.4, -0.2) is 12.5 Å². The van der Waals surface area contributed by atoms with Crippen molar-refractivity contribution in [3.63, 3.8) is 0 Å². The van der Waals surface area contributed by atoms with E-state index < -0.39 is 5.91 Å². The molecule has 0 aliphatic heterocycles. The molecule has 130 valence electrons. The normalized spacial score (nSPS) is 10.6. The SMILES string of the molecule is C#CCOc1ccc(/C=C(\C#N)C(=O)Nc2ccc(Cl)c(Cl)c2)cc1I. The molecular weight excluding hydrogens is 486 g/mol. The summed E-state index contributed by atoms with van der Waals surface area (Å²) in [5, 5.41) is 12.6. The van der Waals surface area contributed by atoms with Crippen LogP contribution in [0.25, 0.3) is 6.08 Å². The van der Waals surface area contributed by atoms with Gasteiger partial charge in [0.1, 0.15) is 24.0 Å². The summed E-state index contributed by atoms with van der Waals surface area (Å²) in [6, 6.07) is 11.8. The fourth-order valence-electron chi connectivity index (χ4n) is 1.93. The second-order valence-corrected chi connectivity index (χ2v) is 6.91. The van der Waals surface area contributed by atoms with Gasteiger partial charge >= 0.3 is 0 Å². The highest BCUT2D eigenvalue weighted by Gasteiger charge is 2.11. The average molecular weight is 497 g/mol. The topological polar surface area (TPSA) is 62.1 Å². The average Bonchev–Trinajstić information content (AvgIpc) is 2.62. The Balaban J connectivity index is 2.20. The second-order valence-electron chi connectivity index (χ2n) is 4.94. The van der Waals surface area contributed by atoms with Gasteiger partial charge in [0.05, 0.1) is 13.6 Å². The van der Waals surface area contributed by atoms with Crippen molar-refractivity contribution in [2.24, 2.45) is 0 Å². The van der Waals surface area contributed by atoms with Gasteiger partial charge < -0.3 is 10.1 Å². The van der Waals surface area contributed by atoms with Crippen molar-refractivity contribution in [1.29, 1.82) is 5.26 Å². The third kappa shape index (κ3) is 5.40. The molecule has 26 heavy (non-hydrogen) atoms. The van der Waals surface area contributed by atoms with E-state index in [-0.39, 0.29) is 12.2 Å². The third-order valence-corrected chi connectivity index (χ3v) is 4.70. The van der Waals surface area contributed by atoms with Crippen LogP contribution >= 0.6 is 45.8 Å². The van der Waals surface area contributed by atoms with Gasteiger partial charge in [0.2, 0.25) is 0 Å². The van der Waals surface area contributed by atoms with Crippen LogP contribution in [0.5, 0.6) is 5.75 Å². The van der Waals surface area contributed by atoms with E-state index in [2.05, 4.69) is 33.8 Å². The van der Waals surface area contributed by atoms with Crippen LogP contribution in [0.15, 0.2) is 42.0 Å². The number of amides is 1. The summed E-state index contributed by atoms with van der Waals surface area (Å²) in [5.74, 6) is 2.48. The summed E-state index contributed by atoms with van der Waals surface area (Å²) in [5.41, 5.74) is 1.07. The van der Waals surface area contributed by atoms with E-state index in [1.807, 2.05) is 6.07 Å². The van der Waals surface area contributed by atoms with Crippen LogP contribution in [0, 0.1) is 27.2 Å². The molecule has 1 amide bonds. The van der Waals surface area contributed by atoms with Gasteiger partial charge in [-0.25, -0.2) is 0 Å². The lowest BCUT2D eigenvalue weighted by molar-refractivity contribution is -0.112. The molecule has 0 heterocycles. The summed E-state index contributed by atoms with van der Waals surface area (Å²) in [4.78, 5) is 12.3. The summed E-state index contributed by atoms with van der Waals surface area (Å²) < 4.78 is 6.20. The molecule has 0 unspecified atom stereocenters. The van der Waals surface area contributed by atoms with Crippen molar-refractivity contribution in [1.82, 2.24) is 0 Å². The van der Waals surface area contributed by atoms with E-state index in [4.69, 9.17) is 34.4 Å². The maximum absolute atomic E-state index is 12.3. The van der Waals surface area contributed by atoms with Crippen molar-refractivity contribution in [2.45, 2.75) is 0 Å². The number of nitrogens with one attached hydrogen (secondary N) is 1. The predicted octanol–water partition coefficient (Wildman–Crippen LogP) is 5.16. The van der Waals surface area contributed by atoms with Crippen LogP contribution < -0.4 is 10.1 Å². The maximum atomic E-state index is 12.3. The Morgan fingerprint density at radius 3 is 2.65 bits per heavy atom. The molecule has 0 aliphatic carbocycles. The summed E-state index contributed by atoms with van der Waals surface area (Å²) in [7, 11) is 0. The molecule has 7 heteroatoms. The number of ether oxygens (including phenoxy) is 1. The number of terminal acetylenes is 1. The van der Waals surface area contributed by atoms with E-state index >= 15 is 0 Å². The van der Waals surface area contributed by atoms with Crippen LogP contribution in [0.3, 0.4) is 0 Å². The zero-order valence-electron chi connectivity index (χ0n) is 13.2. The minimum atomic E-state index is -0.548. The second kappa shape index (κ2) is 9.49. The van der Waals surface area contributed by atoms with Gasteiger partial charge in [0.15, 0.2) is 0 Å². The van der Waals surface area contributed by atoms with Crippen molar-refractivity contribution >= 4 is 63.5 Å². The molecule has 2 aromatic carbocycles. The van der Waals surface area contributed by atoms with Gasteiger partial charge in [0.25, 0.3) is 5.91 Å². The Hall–Kier alpha value is -2.19. The van der Waals surface area contributed by atoms with Gasteiger partial charge in [-0.1, -0.05) is 35.2 Å². The number of carbonyl (C=O) groups excluding carboxylic acids is 1. The minimum Gasteiger partial charge on any atom is -0.480 e. The highest BCUT2D eigenvalue weighted by molar-refractivity contribution is 14.1. The number of benzene rings is 2. The first-order chi connectivity index (χ1) is 12.4. The first-order valence-electron chi connectivity index (χ1n) is 7.18. The largest absolute Gasteiger partial charge is 0.480 e. The molecule has 0 saturated carbocycles. The summed E-state index contributed by atoms with van der Waals surface area (Å²) >= 11 is 13.9. The number of nitrogens with zero attached hydrogens (tertiary/aromatic N) is 1. The Morgan fingerprint density at radius 1 is 1.27 bits per heavy atom. The zero-order valence-corrected chi connectivity index (χ0v) is 16.9. The molecule has 2 rings (SSSR count). The van der Waals surface area contributed by atoms with Crippen LogP contribution in [0.2, 0.25) is 10.0 Å². The number of hydrogen-bond acceptors (Lipinski definition) is 3. The monoisotopic (exact) mass is 496 g/mol. The molecule has 1 N–H and O–H groups in total. The maximum Gasteiger partial charge on any atom is 0.266 e. The van der Waals surface area contributed by atoms with E-state index in [9.17, 15) is 10.1 Å². The zero-order chi connectivity index (χ0) is 19.1. The number of carbonyl (C=O) groups is 1. The summed E-state index contributed by atoms with van der Waals surface area (Å²) in [6.07, 6.45) is 6.66. The first-order valence-corrected chi connectivity index (χ1v) is 9.02. The molecular formula is C19H11Cl2IN2O2. The molecule has 0 radical (unpaired) electrons. The third-order valence-electron chi connectivity index (χ3n) is 3.12. The Kier molecular flexibility index (Phi) is 7.35. The van der Waals surface area contributed by atoms with Gasteiger partial charge in [-0.2, -0.15) is 5.26 Å². The van der Waals surface area contributed by atoms with E-state index in [0.717, 1.165) is 3.57 Å². The quantitative estimate of drug-likeness (QED) is 0.269. The fraction of sp³-hybridized carbons (Fsp3) is 0.0526. The number of rotatable bonds is 5. The van der Waals surface area contributed by atoms with Crippen LogP contribution in [0.1, 0.15) is 5.56 Å². The van der Waals surface area contributed by atoms with Gasteiger partial charge in [0, 0.05) is 5.69 Å². The molecule has 0 spiro atoms. The van der Waals surface area contributed by atoms with Crippen molar-refractivity contribution in [3.8, 4) is 24.2 Å².